The normalized spacial score (nSPS) is 10.6. The number of nitro benzene ring substituents is 1. The molecular weight excluding hydrogens is 240 g/mol. The number of rotatable bonds is 4. The van der Waals surface area contributed by atoms with E-state index in [1.54, 1.807) is 18.2 Å². The number of nitro groups is 1. The first-order chi connectivity index (χ1) is 8.00. The standard InChI is InChI=1S/C11H12N2O3S/c1-8(14)17-6-2-3-9-4-5-10(12)11(7-9)13(15)16/h2-5,7H,6,12H2,1H3. The lowest BCUT2D eigenvalue weighted by molar-refractivity contribution is -0.383. The Morgan fingerprint density at radius 1 is 1.59 bits per heavy atom. The maximum Gasteiger partial charge on any atom is 0.292 e. The number of nitrogens with zero attached hydrogens (tertiary/aromatic N) is 1. The lowest BCUT2D eigenvalue weighted by Gasteiger charge is -1.98. The molecule has 0 aliphatic rings. The number of nitrogens with two attached hydrogens (primary N) is 1. The maximum absolute atomic E-state index is 10.7. The highest BCUT2D eigenvalue weighted by Crippen LogP contribution is 2.22. The molecule has 2 N–H and O–H groups in total. The zero-order valence-corrected chi connectivity index (χ0v) is 10.1. The molecule has 0 radical (unpaired) electrons. The van der Waals surface area contributed by atoms with Crippen molar-refractivity contribution in [1.29, 1.82) is 0 Å². The van der Waals surface area contributed by atoms with Gasteiger partial charge in [-0.2, -0.15) is 0 Å². The van der Waals surface area contributed by atoms with Crippen molar-refractivity contribution >= 4 is 34.3 Å². The summed E-state index contributed by atoms with van der Waals surface area (Å²) in [6.07, 6.45) is 3.50. The third kappa shape index (κ3) is 4.28. The molecular formula is C11H12N2O3S. The van der Waals surface area contributed by atoms with Crippen LogP contribution in [0.2, 0.25) is 0 Å². The number of nitrogen functional groups attached to an aromatic ring is 1. The summed E-state index contributed by atoms with van der Waals surface area (Å²) in [6, 6.07) is 4.59. The van der Waals surface area contributed by atoms with E-state index in [1.165, 1.54) is 30.8 Å². The van der Waals surface area contributed by atoms with Gasteiger partial charge in [0.25, 0.3) is 5.69 Å². The molecule has 0 unspecified atom stereocenters. The summed E-state index contributed by atoms with van der Waals surface area (Å²) < 4.78 is 0. The van der Waals surface area contributed by atoms with Gasteiger partial charge < -0.3 is 5.73 Å². The molecule has 0 saturated carbocycles. The van der Waals surface area contributed by atoms with Crippen molar-refractivity contribution in [2.24, 2.45) is 0 Å². The number of carbonyl (C=O) groups excluding carboxylic acids is 1. The highest BCUT2D eigenvalue weighted by Gasteiger charge is 2.10. The smallest absolute Gasteiger partial charge is 0.292 e. The number of benzene rings is 1. The van der Waals surface area contributed by atoms with E-state index in [-0.39, 0.29) is 16.5 Å². The van der Waals surface area contributed by atoms with Gasteiger partial charge in [0.05, 0.1) is 4.92 Å². The summed E-state index contributed by atoms with van der Waals surface area (Å²) in [5.74, 6) is 0.549. The van der Waals surface area contributed by atoms with E-state index in [0.717, 1.165) is 0 Å². The second kappa shape index (κ2) is 6.05. The Morgan fingerprint density at radius 2 is 2.29 bits per heavy atom. The van der Waals surface area contributed by atoms with E-state index in [2.05, 4.69) is 0 Å². The van der Waals surface area contributed by atoms with Crippen LogP contribution in [0.3, 0.4) is 0 Å². The fourth-order valence-corrected chi connectivity index (χ4v) is 1.60. The fourth-order valence-electron chi connectivity index (χ4n) is 1.17. The second-order valence-electron chi connectivity index (χ2n) is 3.28. The van der Waals surface area contributed by atoms with Crippen LogP contribution in [0.1, 0.15) is 12.5 Å². The van der Waals surface area contributed by atoms with Crippen molar-refractivity contribution in [2.75, 3.05) is 11.5 Å². The Balaban J connectivity index is 2.75. The van der Waals surface area contributed by atoms with Crippen molar-refractivity contribution in [3.8, 4) is 0 Å². The highest BCUT2D eigenvalue weighted by atomic mass is 32.2. The first-order valence-corrected chi connectivity index (χ1v) is 5.83. The van der Waals surface area contributed by atoms with Crippen LogP contribution in [0.15, 0.2) is 24.3 Å². The Morgan fingerprint density at radius 3 is 2.88 bits per heavy atom. The molecule has 6 heteroatoms. The molecule has 0 bridgehead atoms. The Hall–Kier alpha value is -1.82. The van der Waals surface area contributed by atoms with Crippen LogP contribution in [-0.2, 0) is 4.79 Å². The number of hydrogen-bond acceptors (Lipinski definition) is 5. The summed E-state index contributed by atoms with van der Waals surface area (Å²) in [6.45, 7) is 1.49. The average Bonchev–Trinajstić information content (AvgIpc) is 2.25. The topological polar surface area (TPSA) is 86.2 Å². The van der Waals surface area contributed by atoms with Crippen LogP contribution in [0.25, 0.3) is 6.08 Å². The summed E-state index contributed by atoms with van der Waals surface area (Å²) >= 11 is 1.18. The predicted molar refractivity (Wildman–Crippen MR) is 69.7 cm³/mol. The van der Waals surface area contributed by atoms with E-state index < -0.39 is 4.92 Å². The molecule has 0 aliphatic heterocycles. The lowest BCUT2D eigenvalue weighted by Crippen LogP contribution is -1.95. The minimum absolute atomic E-state index is 0.0398. The SMILES string of the molecule is CC(=O)SCC=Cc1ccc(N)c([N+](=O)[O-])c1. The van der Waals surface area contributed by atoms with Gasteiger partial charge in [-0.05, 0) is 11.6 Å². The maximum atomic E-state index is 10.7. The van der Waals surface area contributed by atoms with Crippen LogP contribution >= 0.6 is 11.8 Å². The quantitative estimate of drug-likeness (QED) is 0.505. The molecule has 0 saturated heterocycles. The second-order valence-corrected chi connectivity index (χ2v) is 4.48. The number of carbonyl (C=O) groups is 1. The molecule has 1 rings (SSSR count). The fraction of sp³-hybridized carbons (Fsp3) is 0.182. The molecule has 0 atom stereocenters. The number of hydrogen-bond donors (Lipinski definition) is 1. The van der Waals surface area contributed by atoms with E-state index in [4.69, 9.17) is 5.73 Å². The predicted octanol–water partition coefficient (Wildman–Crippen LogP) is 2.47. The molecule has 1 aromatic carbocycles. The van der Waals surface area contributed by atoms with Gasteiger partial charge in [0, 0.05) is 18.7 Å². The van der Waals surface area contributed by atoms with Crippen molar-refractivity contribution in [1.82, 2.24) is 0 Å². The Labute approximate surface area is 103 Å². The van der Waals surface area contributed by atoms with Crippen molar-refractivity contribution in [3.05, 3.63) is 40.0 Å². The van der Waals surface area contributed by atoms with Gasteiger partial charge in [-0.1, -0.05) is 30.0 Å². The summed E-state index contributed by atoms with van der Waals surface area (Å²) in [5, 5.41) is 10.7. The molecule has 0 fully saturated rings. The first kappa shape index (κ1) is 13.2. The van der Waals surface area contributed by atoms with Gasteiger partial charge in [-0.25, -0.2) is 0 Å². The van der Waals surface area contributed by atoms with Gasteiger partial charge in [-0.15, -0.1) is 0 Å². The van der Waals surface area contributed by atoms with Gasteiger partial charge in [0.2, 0.25) is 0 Å². The van der Waals surface area contributed by atoms with E-state index in [9.17, 15) is 14.9 Å². The monoisotopic (exact) mass is 252 g/mol. The lowest BCUT2D eigenvalue weighted by atomic mass is 10.1. The van der Waals surface area contributed by atoms with Crippen molar-refractivity contribution in [2.45, 2.75) is 6.92 Å². The van der Waals surface area contributed by atoms with Crippen LogP contribution in [0, 0.1) is 10.1 Å². The molecule has 5 nitrogen and oxygen atoms in total. The third-order valence-electron chi connectivity index (χ3n) is 1.94. The van der Waals surface area contributed by atoms with Gasteiger partial charge in [-0.3, -0.25) is 14.9 Å². The molecule has 17 heavy (non-hydrogen) atoms. The zero-order chi connectivity index (χ0) is 12.8. The third-order valence-corrected chi connectivity index (χ3v) is 2.71. The van der Waals surface area contributed by atoms with Crippen LogP contribution in [-0.4, -0.2) is 15.8 Å². The average molecular weight is 252 g/mol. The number of thioether (sulfide) groups is 1. The van der Waals surface area contributed by atoms with Crippen molar-refractivity contribution in [3.63, 3.8) is 0 Å². The molecule has 0 amide bonds. The largest absolute Gasteiger partial charge is 0.393 e. The van der Waals surface area contributed by atoms with Gasteiger partial charge >= 0.3 is 0 Å². The van der Waals surface area contributed by atoms with Crippen molar-refractivity contribution < 1.29 is 9.72 Å². The van der Waals surface area contributed by atoms with Gasteiger partial charge in [0.15, 0.2) is 5.12 Å². The minimum atomic E-state index is -0.517. The highest BCUT2D eigenvalue weighted by molar-refractivity contribution is 8.13. The van der Waals surface area contributed by atoms with E-state index >= 15 is 0 Å². The molecule has 0 spiro atoms. The van der Waals surface area contributed by atoms with Crippen LogP contribution in [0.4, 0.5) is 11.4 Å². The molecule has 0 aromatic heterocycles. The van der Waals surface area contributed by atoms with Crippen LogP contribution in [0.5, 0.6) is 0 Å². The van der Waals surface area contributed by atoms with Gasteiger partial charge in [0.1, 0.15) is 5.69 Å². The summed E-state index contributed by atoms with van der Waals surface area (Å²) in [7, 11) is 0. The molecule has 1 aromatic rings. The van der Waals surface area contributed by atoms with Crippen LogP contribution < -0.4 is 5.73 Å². The Bertz CT molecular complexity index is 472. The first-order valence-electron chi connectivity index (χ1n) is 4.84. The number of anilines is 1. The minimum Gasteiger partial charge on any atom is -0.393 e. The Kier molecular flexibility index (Phi) is 4.71. The zero-order valence-electron chi connectivity index (χ0n) is 9.25. The molecule has 90 valence electrons. The molecule has 0 heterocycles. The summed E-state index contributed by atoms with van der Waals surface area (Å²) in [4.78, 5) is 20.8. The molecule has 0 aliphatic carbocycles. The van der Waals surface area contributed by atoms with E-state index in [1.807, 2.05) is 0 Å². The van der Waals surface area contributed by atoms with E-state index in [0.29, 0.717) is 11.3 Å². The summed E-state index contributed by atoms with van der Waals surface area (Å²) in [5.41, 5.74) is 6.20.